The molecule has 133 heavy (non-hydrogen) atoms. The number of aliphatic carboxylic acids is 4. The minimum Gasteiger partial charge on any atom is -0.480 e. The summed E-state index contributed by atoms with van der Waals surface area (Å²) in [5.41, 5.74) is -1.86. The minimum absolute atomic E-state index is 0.0427. The largest absolute Gasteiger partial charge is 0.480 e. The number of aromatic carboxylic acids is 8. The molecule has 12 aromatic rings. The number of carbonyl (C=O) groups is 16. The minimum atomic E-state index is -1.76. The predicted molar refractivity (Wildman–Crippen MR) is 468 cm³/mol. The van der Waals surface area contributed by atoms with Gasteiger partial charge in [0.2, 0.25) is 23.6 Å². The number of aromatic nitrogens is 4. The van der Waals surface area contributed by atoms with Crippen molar-refractivity contribution < 1.29 is 157 Å². The maximum atomic E-state index is 14.1. The number of nitrogens with one attached hydrogen (secondary N) is 8. The normalized spacial score (nSPS) is 12.7. The van der Waals surface area contributed by atoms with Crippen LogP contribution >= 0.6 is 0 Å². The molecule has 40 heteroatoms. The van der Waals surface area contributed by atoms with Crippen molar-refractivity contribution in [3.05, 3.63) is 237 Å². The second-order valence-corrected chi connectivity index (χ2v) is 31.1. The third-order valence-electron chi connectivity index (χ3n) is 21.8. The zero-order valence-corrected chi connectivity index (χ0v) is 69.8. The van der Waals surface area contributed by atoms with Crippen molar-refractivity contribution in [1.82, 2.24) is 41.2 Å². The second-order valence-electron chi connectivity index (χ2n) is 31.1. The molecule has 0 aliphatic rings. The van der Waals surface area contributed by atoms with Crippen LogP contribution in [0.1, 0.15) is 131 Å². The highest BCUT2D eigenvalue weighted by atomic mass is 16.5. The number of carboxylic acids is 12. The van der Waals surface area contributed by atoms with Gasteiger partial charge in [0.15, 0.2) is 0 Å². The molecule has 4 aromatic heterocycles. The van der Waals surface area contributed by atoms with Crippen LogP contribution in [0.3, 0.4) is 0 Å². The molecule has 0 aliphatic heterocycles. The summed E-state index contributed by atoms with van der Waals surface area (Å²) in [5.74, 6) is -21.8. The van der Waals surface area contributed by atoms with Crippen LogP contribution in [0.5, 0.6) is 0 Å². The van der Waals surface area contributed by atoms with E-state index in [4.69, 9.17) is 18.9 Å². The Morgan fingerprint density at radius 2 is 0.429 bits per heavy atom. The lowest BCUT2D eigenvalue weighted by Gasteiger charge is -2.33. The van der Waals surface area contributed by atoms with Crippen molar-refractivity contribution in [2.75, 3.05) is 52.9 Å². The number of rotatable bonds is 48. The Bertz CT molecular complexity index is 5740. The highest BCUT2D eigenvalue weighted by Gasteiger charge is 2.36. The summed E-state index contributed by atoms with van der Waals surface area (Å²) in [6.45, 7) is -4.78. The number of aromatic amines is 4. The average molecular weight is 1830 g/mol. The van der Waals surface area contributed by atoms with E-state index in [-0.39, 0.29) is 67.3 Å². The molecular weight excluding hydrogens is 1740 g/mol. The van der Waals surface area contributed by atoms with Gasteiger partial charge in [-0.15, -0.1) is 0 Å². The zero-order valence-electron chi connectivity index (χ0n) is 69.8. The number of amides is 4. The number of carboxylic acid groups (broad SMARTS) is 12. The quantitative estimate of drug-likeness (QED) is 0.0158. The number of hydrogen-bond acceptors (Lipinski definition) is 20. The van der Waals surface area contributed by atoms with Gasteiger partial charge in [0, 0.05) is 118 Å². The van der Waals surface area contributed by atoms with Crippen LogP contribution in [0.25, 0.3) is 88.6 Å². The van der Waals surface area contributed by atoms with E-state index >= 15 is 0 Å². The Morgan fingerprint density at radius 1 is 0.256 bits per heavy atom. The molecular formula is C93H84N8O32. The first-order chi connectivity index (χ1) is 63.4. The van der Waals surface area contributed by atoms with Crippen LogP contribution in [0.2, 0.25) is 0 Å². The van der Waals surface area contributed by atoms with Crippen LogP contribution < -0.4 is 21.3 Å². The topological polar surface area (TPSA) is 664 Å². The van der Waals surface area contributed by atoms with Crippen molar-refractivity contribution in [2.24, 2.45) is 5.41 Å². The second kappa shape index (κ2) is 42.0. The Kier molecular flexibility index (Phi) is 30.1. The molecule has 20 N–H and O–H groups in total. The van der Waals surface area contributed by atoms with E-state index < -0.39 is 274 Å². The van der Waals surface area contributed by atoms with Gasteiger partial charge < -0.3 is 121 Å². The molecule has 4 atom stereocenters. The van der Waals surface area contributed by atoms with Gasteiger partial charge in [-0.3, -0.25) is 19.2 Å². The highest BCUT2D eigenvalue weighted by Crippen LogP contribution is 2.39. The molecule has 0 saturated heterocycles. The Morgan fingerprint density at radius 3 is 0.594 bits per heavy atom. The number of para-hydroxylation sites is 4. The average Bonchev–Trinajstić information content (AvgIpc) is 1.65. The third-order valence-corrected chi connectivity index (χ3v) is 21.8. The number of H-pyrrole nitrogens is 4. The van der Waals surface area contributed by atoms with Gasteiger partial charge in [0.25, 0.3) is 0 Å². The lowest BCUT2D eigenvalue weighted by Crippen LogP contribution is -2.45. The van der Waals surface area contributed by atoms with Crippen LogP contribution in [0.4, 0.5) is 0 Å². The fourth-order valence-corrected chi connectivity index (χ4v) is 15.5. The smallest absolute Gasteiger partial charge is 0.335 e. The number of fused-ring (bicyclic) bond motifs is 4. The van der Waals surface area contributed by atoms with Crippen LogP contribution in [0, 0.1) is 5.41 Å². The van der Waals surface area contributed by atoms with Gasteiger partial charge in [-0.05, 0) is 142 Å². The van der Waals surface area contributed by atoms with E-state index in [2.05, 4.69) is 41.2 Å². The molecule has 688 valence electrons. The number of carbonyl (C=O) groups excluding carboxylic acids is 4. The Labute approximate surface area is 749 Å². The first-order valence-corrected chi connectivity index (χ1v) is 40.7. The molecule has 0 radical (unpaired) electrons. The van der Waals surface area contributed by atoms with Crippen LogP contribution in [-0.2, 0) is 83.0 Å². The molecule has 4 unspecified atom stereocenters. The molecule has 0 fully saturated rings. The first kappa shape index (κ1) is 95.4. The summed E-state index contributed by atoms with van der Waals surface area (Å²) >= 11 is 0. The molecule has 0 spiro atoms. The highest BCUT2D eigenvalue weighted by molar-refractivity contribution is 6.04. The van der Waals surface area contributed by atoms with Crippen molar-refractivity contribution in [3.8, 4) is 45.0 Å². The summed E-state index contributed by atoms with van der Waals surface area (Å²) < 4.78 is 24.8. The third kappa shape index (κ3) is 23.4. The van der Waals surface area contributed by atoms with Gasteiger partial charge in [0.1, 0.15) is 24.2 Å². The lowest BCUT2D eigenvalue weighted by molar-refractivity contribution is -0.142. The van der Waals surface area contributed by atoms with Gasteiger partial charge >= 0.3 is 71.6 Å². The molecule has 0 saturated carbocycles. The number of hydrogen-bond donors (Lipinski definition) is 20. The maximum absolute atomic E-state index is 14.1. The molecule has 0 aliphatic carbocycles. The van der Waals surface area contributed by atoms with Crippen molar-refractivity contribution in [2.45, 2.75) is 75.5 Å². The summed E-state index contributed by atoms with van der Waals surface area (Å²) in [7, 11) is 0. The monoisotopic (exact) mass is 1820 g/mol. The van der Waals surface area contributed by atoms with Gasteiger partial charge in [-0.1, -0.05) is 72.8 Å². The van der Waals surface area contributed by atoms with Crippen molar-refractivity contribution in [3.63, 3.8) is 0 Å². The molecule has 4 amide bonds. The van der Waals surface area contributed by atoms with E-state index in [1.165, 1.54) is 48.5 Å². The number of ether oxygens (including phenoxy) is 4. The van der Waals surface area contributed by atoms with E-state index in [0.29, 0.717) is 43.6 Å². The lowest BCUT2D eigenvalue weighted by atomic mass is 9.92. The standard InChI is InChI=1S/C93H84N8O32/c102-73(94-69(89(122)123)37-61-57-9-1-5-13-65(57)98-77(61)45-25-49(81(106)107)33-50(26-45)82(108)109)17-21-130-41-93(42-131-22-18-74(103)95-70(90(124)125)38-62-58-10-2-6-14-66(58)99-78(62)46-27-51(83(110)111)34-52(28-46)84(112)113,43-132-23-19-75(104)96-71(91(126)127)39-63-59-11-3-7-15-67(59)100-79(63)47-29-53(85(114)115)35-54(30-47)86(116)117)44-133-24-20-76(105)97-72(92(128)129)40-64-60-12-4-8-16-68(60)101-80(64)48-31-55(87(118)119)36-56(32-48)88(120)121/h1-16,25-36,69-72,98-101H,17-24,37-44H2,(H,94,102)(H,95,103)(H,96,104)(H,97,105)(H,106,107)(H,108,109)(H,110,111)(H,112,113)(H,114,115)(H,116,117)(H,118,119)(H,120,121)(H,122,123)(H,124,125)(H,126,127)(H,128,129). The van der Waals surface area contributed by atoms with E-state index in [9.17, 15) is 138 Å². The van der Waals surface area contributed by atoms with E-state index in [1.54, 1.807) is 97.1 Å². The summed E-state index contributed by atoms with van der Waals surface area (Å²) in [5, 5.41) is 134. The molecule has 0 bridgehead atoms. The fraction of sp³-hybridized carbons (Fsp3) is 0.226. The molecule has 4 heterocycles. The van der Waals surface area contributed by atoms with Gasteiger partial charge in [-0.25, -0.2) is 57.5 Å². The van der Waals surface area contributed by atoms with Crippen molar-refractivity contribution in [1.29, 1.82) is 0 Å². The summed E-state index contributed by atoms with van der Waals surface area (Å²) in [4.78, 5) is 220. The van der Waals surface area contributed by atoms with Gasteiger partial charge in [-0.2, -0.15) is 0 Å². The summed E-state index contributed by atoms with van der Waals surface area (Å²) in [6.07, 6.45) is -4.43. The van der Waals surface area contributed by atoms with Gasteiger partial charge in [0.05, 0.1) is 103 Å². The predicted octanol–water partition coefficient (Wildman–Crippen LogP) is 9.03. The fourth-order valence-electron chi connectivity index (χ4n) is 15.5. The summed E-state index contributed by atoms with van der Waals surface area (Å²) in [6, 6.07) is 32.1. The van der Waals surface area contributed by atoms with Crippen LogP contribution in [0.15, 0.2) is 170 Å². The first-order valence-electron chi connectivity index (χ1n) is 40.7. The van der Waals surface area contributed by atoms with Crippen molar-refractivity contribution >= 4 is 139 Å². The Hall–Kier alpha value is -16.7. The Balaban J connectivity index is 0.818. The zero-order chi connectivity index (χ0) is 95.8. The van der Waals surface area contributed by atoms with Crippen LogP contribution in [-0.4, -0.2) is 253 Å². The maximum Gasteiger partial charge on any atom is 0.335 e. The number of benzene rings is 8. The van der Waals surface area contributed by atoms with E-state index in [0.717, 1.165) is 24.3 Å². The molecule has 12 rings (SSSR count). The molecule has 8 aromatic carbocycles. The van der Waals surface area contributed by atoms with E-state index in [1.807, 2.05) is 0 Å². The molecule has 40 nitrogen and oxygen atoms in total. The SMILES string of the molecule is O=C(CCOCC(COCCC(=O)NC(Cc1c(-c2cc(C(=O)O)cc(C(=O)O)c2)[nH]c2ccccc12)C(=O)O)(COCCC(=O)NC(Cc1c(-c2cc(C(=O)O)cc(C(=O)O)c2)[nH]c2ccccc12)C(=O)O)COCCC(=O)NC(Cc1c(-c2cc(C(=O)O)cc(C(=O)O)c2)[nH]c2ccccc12)C(=O)O)NC(Cc1c(-c2cc(C(=O)O)cc(C(=O)O)c2)[nH]c2ccccc12)C(=O)O.